The van der Waals surface area contributed by atoms with Gasteiger partial charge in [-0.3, -0.25) is 4.79 Å². The lowest BCUT2D eigenvalue weighted by molar-refractivity contribution is -0.109. The van der Waals surface area contributed by atoms with Crippen molar-refractivity contribution >= 4 is 6.41 Å². The lowest BCUT2D eigenvalue weighted by atomic mass is 9.91. The van der Waals surface area contributed by atoms with Crippen LogP contribution in [0.4, 0.5) is 0 Å². The molecule has 0 aliphatic carbocycles. The van der Waals surface area contributed by atoms with E-state index in [9.17, 15) is 4.79 Å². The zero-order valence-electron chi connectivity index (χ0n) is 7.11. The fourth-order valence-corrected chi connectivity index (χ4v) is 0.780. The summed E-state index contributed by atoms with van der Waals surface area (Å²) in [5.41, 5.74) is 0.393. The molecule has 0 aromatic heterocycles. The third-order valence-corrected chi connectivity index (χ3v) is 1.33. The summed E-state index contributed by atoms with van der Waals surface area (Å²) < 4.78 is 0. The molecule has 1 N–H and O–H groups in total. The zero-order valence-corrected chi connectivity index (χ0v) is 7.11. The summed E-state index contributed by atoms with van der Waals surface area (Å²) in [6.45, 7) is 7.41. The van der Waals surface area contributed by atoms with Crippen LogP contribution in [0.1, 0.15) is 33.6 Å². The molecule has 0 rings (SSSR count). The highest BCUT2D eigenvalue weighted by Crippen LogP contribution is 2.19. The van der Waals surface area contributed by atoms with Crippen molar-refractivity contribution < 1.29 is 4.79 Å². The van der Waals surface area contributed by atoms with Gasteiger partial charge in [-0.05, 0) is 18.3 Å². The van der Waals surface area contributed by atoms with Crippen LogP contribution in [0.3, 0.4) is 0 Å². The Morgan fingerprint density at radius 1 is 1.40 bits per heavy atom. The summed E-state index contributed by atoms with van der Waals surface area (Å²) in [4.78, 5) is 9.82. The largest absolute Gasteiger partial charge is 0.359 e. The van der Waals surface area contributed by atoms with E-state index in [1.807, 2.05) is 0 Å². The van der Waals surface area contributed by atoms with Crippen LogP contribution in [0.2, 0.25) is 0 Å². The second kappa shape index (κ2) is 4.31. The Labute approximate surface area is 63.0 Å². The number of amides is 1. The first-order valence-electron chi connectivity index (χ1n) is 3.73. The van der Waals surface area contributed by atoms with Gasteiger partial charge in [0.25, 0.3) is 0 Å². The van der Waals surface area contributed by atoms with Gasteiger partial charge in [-0.2, -0.15) is 0 Å². The van der Waals surface area contributed by atoms with E-state index in [1.54, 1.807) is 0 Å². The van der Waals surface area contributed by atoms with Crippen LogP contribution in [0, 0.1) is 5.41 Å². The van der Waals surface area contributed by atoms with E-state index in [1.165, 1.54) is 0 Å². The normalized spacial score (nSPS) is 11.1. The smallest absolute Gasteiger partial charge is 0.207 e. The van der Waals surface area contributed by atoms with Gasteiger partial charge in [0.15, 0.2) is 0 Å². The fraction of sp³-hybridized carbons (Fsp3) is 0.875. The standard InChI is InChI=1S/C8H17NO/c1-8(2,3)5-4-6-9-7-10/h7H,4-6H2,1-3H3,(H,9,10). The van der Waals surface area contributed by atoms with Gasteiger partial charge in [-0.15, -0.1) is 0 Å². The predicted octanol–water partition coefficient (Wildman–Crippen LogP) is 1.56. The Balaban J connectivity index is 3.12. The Morgan fingerprint density at radius 3 is 2.40 bits per heavy atom. The van der Waals surface area contributed by atoms with Gasteiger partial charge in [-0.25, -0.2) is 0 Å². The topological polar surface area (TPSA) is 29.1 Å². The molecule has 0 atom stereocenters. The van der Waals surface area contributed by atoms with Crippen molar-refractivity contribution in [2.75, 3.05) is 6.54 Å². The van der Waals surface area contributed by atoms with Crippen LogP contribution >= 0.6 is 0 Å². The highest BCUT2D eigenvalue weighted by Gasteiger charge is 2.08. The molecule has 0 unspecified atom stereocenters. The number of hydrogen-bond donors (Lipinski definition) is 1. The van der Waals surface area contributed by atoms with E-state index >= 15 is 0 Å². The average molecular weight is 143 g/mol. The van der Waals surface area contributed by atoms with Gasteiger partial charge in [0.2, 0.25) is 6.41 Å². The number of hydrogen-bond acceptors (Lipinski definition) is 1. The van der Waals surface area contributed by atoms with E-state index in [2.05, 4.69) is 26.1 Å². The maximum Gasteiger partial charge on any atom is 0.207 e. The molecule has 0 saturated carbocycles. The molecule has 0 spiro atoms. The second-order valence-electron chi connectivity index (χ2n) is 3.74. The highest BCUT2D eigenvalue weighted by atomic mass is 16.1. The SMILES string of the molecule is CC(C)(C)CCCNC=O. The Kier molecular flexibility index (Phi) is 4.08. The molecule has 1 amide bonds. The van der Waals surface area contributed by atoms with Gasteiger partial charge in [-0.1, -0.05) is 20.8 Å². The number of rotatable bonds is 4. The first kappa shape index (κ1) is 9.47. The van der Waals surface area contributed by atoms with Crippen molar-refractivity contribution in [3.05, 3.63) is 0 Å². The second-order valence-corrected chi connectivity index (χ2v) is 3.74. The zero-order chi connectivity index (χ0) is 8.04. The van der Waals surface area contributed by atoms with Crippen molar-refractivity contribution in [2.45, 2.75) is 33.6 Å². The van der Waals surface area contributed by atoms with Gasteiger partial charge < -0.3 is 5.32 Å². The number of carbonyl (C=O) groups excluding carboxylic acids is 1. The summed E-state index contributed by atoms with van der Waals surface area (Å²) in [5.74, 6) is 0. The molecule has 60 valence electrons. The van der Waals surface area contributed by atoms with Crippen LogP contribution in [0.25, 0.3) is 0 Å². The molecule has 0 aliphatic heterocycles. The maximum absolute atomic E-state index is 9.82. The summed E-state index contributed by atoms with van der Waals surface area (Å²) >= 11 is 0. The number of carbonyl (C=O) groups is 1. The summed E-state index contributed by atoms with van der Waals surface area (Å²) in [6, 6.07) is 0. The van der Waals surface area contributed by atoms with Crippen LogP contribution in [-0.2, 0) is 4.79 Å². The van der Waals surface area contributed by atoms with Gasteiger partial charge in [0.05, 0.1) is 0 Å². The quantitative estimate of drug-likeness (QED) is 0.469. The molecular weight excluding hydrogens is 126 g/mol. The van der Waals surface area contributed by atoms with Crippen LogP contribution in [-0.4, -0.2) is 13.0 Å². The molecule has 0 aromatic carbocycles. The van der Waals surface area contributed by atoms with Crippen LogP contribution < -0.4 is 5.32 Å². The van der Waals surface area contributed by atoms with E-state index in [4.69, 9.17) is 0 Å². The van der Waals surface area contributed by atoms with E-state index in [0.717, 1.165) is 25.8 Å². The van der Waals surface area contributed by atoms with Crippen molar-refractivity contribution in [2.24, 2.45) is 5.41 Å². The molecule has 2 nitrogen and oxygen atoms in total. The predicted molar refractivity (Wildman–Crippen MR) is 42.8 cm³/mol. The molecule has 2 heteroatoms. The first-order chi connectivity index (χ1) is 4.56. The minimum Gasteiger partial charge on any atom is -0.359 e. The Hall–Kier alpha value is -0.530. The summed E-state index contributed by atoms with van der Waals surface area (Å²) in [5, 5.41) is 2.64. The van der Waals surface area contributed by atoms with Crippen molar-refractivity contribution in [3.8, 4) is 0 Å². The Bertz CT molecular complexity index is 93.9. The molecular formula is C8H17NO. The third kappa shape index (κ3) is 7.47. The molecule has 0 heterocycles. The fourth-order valence-electron chi connectivity index (χ4n) is 0.780. The Morgan fingerprint density at radius 2 is 2.00 bits per heavy atom. The van der Waals surface area contributed by atoms with Gasteiger partial charge in [0.1, 0.15) is 0 Å². The molecule has 10 heavy (non-hydrogen) atoms. The highest BCUT2D eigenvalue weighted by molar-refractivity contribution is 5.45. The molecule has 0 aromatic rings. The van der Waals surface area contributed by atoms with E-state index in [-0.39, 0.29) is 0 Å². The third-order valence-electron chi connectivity index (χ3n) is 1.33. The van der Waals surface area contributed by atoms with Crippen molar-refractivity contribution in [3.63, 3.8) is 0 Å². The average Bonchev–Trinajstić information content (AvgIpc) is 1.78. The van der Waals surface area contributed by atoms with Crippen LogP contribution in [0.5, 0.6) is 0 Å². The van der Waals surface area contributed by atoms with Crippen molar-refractivity contribution in [1.82, 2.24) is 5.32 Å². The molecule has 0 bridgehead atoms. The lowest BCUT2D eigenvalue weighted by Crippen LogP contribution is -2.15. The molecule has 0 radical (unpaired) electrons. The lowest BCUT2D eigenvalue weighted by Gasteiger charge is -2.16. The summed E-state index contributed by atoms with van der Waals surface area (Å²) in [7, 11) is 0. The molecule has 0 saturated heterocycles. The monoisotopic (exact) mass is 143 g/mol. The van der Waals surface area contributed by atoms with Crippen LogP contribution in [0.15, 0.2) is 0 Å². The number of nitrogens with one attached hydrogen (secondary N) is 1. The van der Waals surface area contributed by atoms with Gasteiger partial charge in [0, 0.05) is 6.54 Å². The molecule has 0 fully saturated rings. The minimum atomic E-state index is 0.393. The van der Waals surface area contributed by atoms with E-state index in [0.29, 0.717) is 5.41 Å². The van der Waals surface area contributed by atoms with E-state index < -0.39 is 0 Å². The first-order valence-corrected chi connectivity index (χ1v) is 3.73. The molecule has 0 aliphatic rings. The minimum absolute atomic E-state index is 0.393. The van der Waals surface area contributed by atoms with Gasteiger partial charge >= 0.3 is 0 Å². The maximum atomic E-state index is 9.82. The summed E-state index contributed by atoms with van der Waals surface area (Å²) in [6.07, 6.45) is 2.98. The van der Waals surface area contributed by atoms with Crippen molar-refractivity contribution in [1.29, 1.82) is 0 Å².